The maximum absolute atomic E-state index is 10.2. The predicted octanol–water partition coefficient (Wildman–Crippen LogP) is 1.96. The predicted molar refractivity (Wildman–Crippen MR) is 82.4 cm³/mol. The molecule has 1 atom stereocenters. The lowest BCUT2D eigenvalue weighted by atomic mass is 10.1. The second-order valence-electron chi connectivity index (χ2n) is 6.01. The van der Waals surface area contributed by atoms with Crippen molar-refractivity contribution >= 4 is 5.69 Å². The summed E-state index contributed by atoms with van der Waals surface area (Å²) in [5.74, 6) is 0.397. The van der Waals surface area contributed by atoms with Crippen molar-refractivity contribution in [3.8, 4) is 5.75 Å². The van der Waals surface area contributed by atoms with Crippen LogP contribution in [0.4, 0.5) is 5.69 Å². The van der Waals surface area contributed by atoms with E-state index in [0.29, 0.717) is 5.75 Å². The Bertz CT molecular complexity index is 465. The van der Waals surface area contributed by atoms with Crippen LogP contribution in [0.1, 0.15) is 31.4 Å². The van der Waals surface area contributed by atoms with Gasteiger partial charge >= 0.3 is 0 Å². The molecule has 3 rings (SSSR count). The van der Waals surface area contributed by atoms with E-state index in [1.165, 1.54) is 12.8 Å². The third-order valence-electron chi connectivity index (χ3n) is 4.66. The van der Waals surface area contributed by atoms with Crippen molar-refractivity contribution in [2.45, 2.75) is 31.8 Å². The lowest BCUT2D eigenvalue weighted by Gasteiger charge is -2.36. The SMILES string of the molecule is CNC(C)c1ccc(N2CCN(C3CC3)CC2)cc1O. The highest BCUT2D eigenvalue weighted by Crippen LogP contribution is 2.31. The first-order valence-corrected chi connectivity index (χ1v) is 7.68. The first kappa shape index (κ1) is 13.7. The standard InChI is InChI=1S/C16H25N3O/c1-12(17-2)15-6-5-14(11-16(15)20)19-9-7-18(8-10-19)13-3-4-13/h5-6,11-13,17,20H,3-4,7-10H2,1-2H3. The first-order chi connectivity index (χ1) is 9.69. The van der Waals surface area contributed by atoms with Gasteiger partial charge in [-0.25, -0.2) is 0 Å². The molecule has 1 heterocycles. The summed E-state index contributed by atoms with van der Waals surface area (Å²) >= 11 is 0. The summed E-state index contributed by atoms with van der Waals surface area (Å²) in [6, 6.07) is 7.13. The van der Waals surface area contributed by atoms with E-state index in [-0.39, 0.29) is 6.04 Å². The molecule has 0 spiro atoms. The molecule has 1 aliphatic heterocycles. The van der Waals surface area contributed by atoms with Crippen molar-refractivity contribution in [2.75, 3.05) is 38.1 Å². The van der Waals surface area contributed by atoms with Crippen LogP contribution in [0, 0.1) is 0 Å². The Labute approximate surface area is 121 Å². The number of hydrogen-bond donors (Lipinski definition) is 2. The number of anilines is 1. The largest absolute Gasteiger partial charge is 0.508 e. The van der Waals surface area contributed by atoms with Crippen molar-refractivity contribution < 1.29 is 5.11 Å². The van der Waals surface area contributed by atoms with E-state index >= 15 is 0 Å². The number of nitrogens with one attached hydrogen (secondary N) is 1. The van der Waals surface area contributed by atoms with Gasteiger partial charge in [0.05, 0.1) is 0 Å². The minimum Gasteiger partial charge on any atom is -0.508 e. The Morgan fingerprint density at radius 3 is 2.45 bits per heavy atom. The highest BCUT2D eigenvalue weighted by molar-refractivity contribution is 5.54. The van der Waals surface area contributed by atoms with E-state index < -0.39 is 0 Å². The molecule has 2 N–H and O–H groups in total. The maximum atomic E-state index is 10.2. The number of phenols is 1. The molecule has 1 unspecified atom stereocenters. The van der Waals surface area contributed by atoms with Gasteiger partial charge in [-0.15, -0.1) is 0 Å². The molecule has 0 aromatic heterocycles. The molecule has 4 nitrogen and oxygen atoms in total. The zero-order chi connectivity index (χ0) is 14.1. The molecule has 0 amide bonds. The summed E-state index contributed by atoms with van der Waals surface area (Å²) in [6.45, 7) is 6.50. The molecule has 4 heteroatoms. The van der Waals surface area contributed by atoms with Crippen LogP contribution in [-0.4, -0.2) is 49.3 Å². The molecular formula is C16H25N3O. The van der Waals surface area contributed by atoms with Crippen LogP contribution in [0.5, 0.6) is 5.75 Å². The zero-order valence-electron chi connectivity index (χ0n) is 12.5. The van der Waals surface area contributed by atoms with Crippen LogP contribution in [0.3, 0.4) is 0 Å². The average Bonchev–Trinajstić information content (AvgIpc) is 3.31. The van der Waals surface area contributed by atoms with Crippen molar-refractivity contribution in [2.24, 2.45) is 0 Å². The fourth-order valence-corrected chi connectivity index (χ4v) is 3.04. The van der Waals surface area contributed by atoms with Gasteiger partial charge < -0.3 is 15.3 Å². The number of nitrogens with zero attached hydrogens (tertiary/aromatic N) is 2. The van der Waals surface area contributed by atoms with Gasteiger partial charge in [0.25, 0.3) is 0 Å². The molecule has 1 aromatic rings. The molecule has 1 saturated carbocycles. The van der Waals surface area contributed by atoms with Gasteiger partial charge in [-0.1, -0.05) is 6.07 Å². The summed E-state index contributed by atoms with van der Waals surface area (Å²) in [4.78, 5) is 4.99. The lowest BCUT2D eigenvalue weighted by molar-refractivity contribution is 0.248. The first-order valence-electron chi connectivity index (χ1n) is 7.68. The highest BCUT2D eigenvalue weighted by Gasteiger charge is 2.31. The third-order valence-corrected chi connectivity index (χ3v) is 4.66. The Hall–Kier alpha value is -1.26. The Morgan fingerprint density at radius 2 is 1.90 bits per heavy atom. The Morgan fingerprint density at radius 1 is 1.20 bits per heavy atom. The summed E-state index contributed by atoms with van der Waals surface area (Å²) < 4.78 is 0. The maximum Gasteiger partial charge on any atom is 0.122 e. The van der Waals surface area contributed by atoms with E-state index in [9.17, 15) is 5.11 Å². The number of rotatable bonds is 4. The van der Waals surface area contributed by atoms with Crippen molar-refractivity contribution in [1.29, 1.82) is 0 Å². The van der Waals surface area contributed by atoms with Gasteiger partial charge in [0.1, 0.15) is 5.75 Å². The third kappa shape index (κ3) is 2.76. The Balaban J connectivity index is 1.67. The van der Waals surface area contributed by atoms with Crippen LogP contribution in [0.2, 0.25) is 0 Å². The van der Waals surface area contributed by atoms with Crippen molar-refractivity contribution in [1.82, 2.24) is 10.2 Å². The quantitative estimate of drug-likeness (QED) is 0.881. The second-order valence-corrected chi connectivity index (χ2v) is 6.01. The van der Waals surface area contributed by atoms with Gasteiger partial charge in [-0.2, -0.15) is 0 Å². The molecule has 2 aliphatic rings. The molecule has 1 saturated heterocycles. The second kappa shape index (κ2) is 5.62. The minimum absolute atomic E-state index is 0.177. The molecule has 110 valence electrons. The van der Waals surface area contributed by atoms with E-state index in [1.54, 1.807) is 0 Å². The molecular weight excluding hydrogens is 250 g/mol. The minimum atomic E-state index is 0.177. The average molecular weight is 275 g/mol. The van der Waals surface area contributed by atoms with E-state index in [0.717, 1.165) is 43.5 Å². The number of aromatic hydroxyl groups is 1. The Kier molecular flexibility index (Phi) is 3.85. The summed E-state index contributed by atoms with van der Waals surface area (Å²) in [5, 5.41) is 13.4. The topological polar surface area (TPSA) is 38.7 Å². The monoisotopic (exact) mass is 275 g/mol. The molecule has 1 aromatic carbocycles. The van der Waals surface area contributed by atoms with Gasteiger partial charge in [-0.3, -0.25) is 4.90 Å². The lowest BCUT2D eigenvalue weighted by Crippen LogP contribution is -2.47. The van der Waals surface area contributed by atoms with Gasteiger partial charge in [0, 0.05) is 55.6 Å². The summed E-state index contributed by atoms with van der Waals surface area (Å²) in [5.41, 5.74) is 2.11. The fourth-order valence-electron chi connectivity index (χ4n) is 3.04. The molecule has 0 bridgehead atoms. The normalized spacial score (nSPS) is 22.0. The summed E-state index contributed by atoms with van der Waals surface area (Å²) in [7, 11) is 1.91. The highest BCUT2D eigenvalue weighted by atomic mass is 16.3. The van der Waals surface area contributed by atoms with E-state index in [2.05, 4.69) is 28.1 Å². The molecule has 20 heavy (non-hydrogen) atoms. The van der Waals surface area contributed by atoms with Crippen molar-refractivity contribution in [3.63, 3.8) is 0 Å². The smallest absolute Gasteiger partial charge is 0.122 e. The molecule has 0 radical (unpaired) electrons. The van der Waals surface area contributed by atoms with Gasteiger partial charge in [-0.05, 0) is 32.9 Å². The van der Waals surface area contributed by atoms with Crippen LogP contribution in [-0.2, 0) is 0 Å². The van der Waals surface area contributed by atoms with Crippen molar-refractivity contribution in [3.05, 3.63) is 23.8 Å². The van der Waals surface area contributed by atoms with Crippen LogP contribution in [0.15, 0.2) is 18.2 Å². The van der Waals surface area contributed by atoms with E-state index in [1.807, 2.05) is 19.2 Å². The zero-order valence-corrected chi connectivity index (χ0v) is 12.5. The molecule has 1 aliphatic carbocycles. The van der Waals surface area contributed by atoms with Crippen LogP contribution < -0.4 is 10.2 Å². The molecule has 2 fully saturated rings. The van der Waals surface area contributed by atoms with Gasteiger partial charge in [0.15, 0.2) is 0 Å². The summed E-state index contributed by atoms with van der Waals surface area (Å²) in [6.07, 6.45) is 2.77. The number of benzene rings is 1. The van der Waals surface area contributed by atoms with Crippen LogP contribution in [0.25, 0.3) is 0 Å². The number of phenolic OH excluding ortho intramolecular Hbond substituents is 1. The number of hydrogen-bond acceptors (Lipinski definition) is 4. The fraction of sp³-hybridized carbons (Fsp3) is 0.625. The van der Waals surface area contributed by atoms with Gasteiger partial charge in [0.2, 0.25) is 0 Å². The van der Waals surface area contributed by atoms with E-state index in [4.69, 9.17) is 0 Å². The van der Waals surface area contributed by atoms with Crippen LogP contribution >= 0.6 is 0 Å². The number of piperazine rings is 1.